The van der Waals surface area contributed by atoms with Crippen molar-refractivity contribution < 1.29 is 9.18 Å². The Morgan fingerprint density at radius 3 is 2.75 bits per heavy atom. The zero-order chi connectivity index (χ0) is 19.9. The molecule has 1 heterocycles. The molecule has 3 rings (SSSR count). The number of benzene rings is 2. The normalized spacial score (nSPS) is 10.5. The maximum absolute atomic E-state index is 14.2. The molecule has 1 amide bonds. The summed E-state index contributed by atoms with van der Waals surface area (Å²) in [5, 5.41) is 21.0. The van der Waals surface area contributed by atoms with Crippen LogP contribution in [0.1, 0.15) is 12.0 Å². The highest BCUT2D eigenvalue weighted by molar-refractivity contribution is 7.99. The number of aryl methyl sites for hydroxylation is 1. The second-order valence-corrected chi connectivity index (χ2v) is 6.80. The molecular weight excluding hydrogens is 379 g/mol. The lowest BCUT2D eigenvalue weighted by Gasteiger charge is -2.22. The summed E-state index contributed by atoms with van der Waals surface area (Å²) in [5.74, 6) is -0.834. The van der Waals surface area contributed by atoms with Gasteiger partial charge in [-0.15, -0.1) is 5.10 Å². The number of carbonyl (C=O) groups excluding carboxylic acids is 1. The van der Waals surface area contributed by atoms with Crippen LogP contribution in [0.15, 0.2) is 53.7 Å². The first kappa shape index (κ1) is 19.5. The highest BCUT2D eigenvalue weighted by Gasteiger charge is 2.20. The SMILES string of the molecule is Cc1ccccc1-n1nnnc1SCC(=O)N(CCC#N)c1ccccc1F. The highest BCUT2D eigenvalue weighted by atomic mass is 32.2. The van der Waals surface area contributed by atoms with Crippen molar-refractivity contribution >= 4 is 23.4 Å². The Hall–Kier alpha value is -3.25. The molecule has 28 heavy (non-hydrogen) atoms. The molecule has 9 heteroatoms. The largest absolute Gasteiger partial charge is 0.308 e. The molecule has 0 unspecified atom stereocenters. The van der Waals surface area contributed by atoms with E-state index in [0.717, 1.165) is 23.0 Å². The maximum Gasteiger partial charge on any atom is 0.237 e. The molecule has 0 aliphatic heterocycles. The van der Waals surface area contributed by atoms with E-state index in [2.05, 4.69) is 15.5 Å². The summed E-state index contributed by atoms with van der Waals surface area (Å²) in [4.78, 5) is 14.0. The fraction of sp³-hybridized carbons (Fsp3) is 0.211. The van der Waals surface area contributed by atoms with Gasteiger partial charge in [-0.1, -0.05) is 42.1 Å². The molecule has 0 radical (unpaired) electrons. The molecule has 3 aromatic rings. The maximum atomic E-state index is 14.2. The van der Waals surface area contributed by atoms with E-state index < -0.39 is 5.82 Å². The number of rotatable bonds is 7. The van der Waals surface area contributed by atoms with Gasteiger partial charge in [-0.3, -0.25) is 4.79 Å². The fourth-order valence-electron chi connectivity index (χ4n) is 2.64. The van der Waals surface area contributed by atoms with Crippen LogP contribution in [0.25, 0.3) is 5.69 Å². The Morgan fingerprint density at radius 2 is 2.00 bits per heavy atom. The van der Waals surface area contributed by atoms with Gasteiger partial charge in [0.05, 0.1) is 29.6 Å². The predicted molar refractivity (Wildman–Crippen MR) is 104 cm³/mol. The van der Waals surface area contributed by atoms with Crippen molar-refractivity contribution in [3.63, 3.8) is 0 Å². The van der Waals surface area contributed by atoms with Crippen LogP contribution >= 0.6 is 11.8 Å². The number of halogens is 1. The van der Waals surface area contributed by atoms with Gasteiger partial charge in [0.2, 0.25) is 11.1 Å². The lowest BCUT2D eigenvalue weighted by Crippen LogP contribution is -2.34. The monoisotopic (exact) mass is 396 g/mol. The van der Waals surface area contributed by atoms with Crippen LogP contribution in [-0.4, -0.2) is 38.4 Å². The van der Waals surface area contributed by atoms with Crippen molar-refractivity contribution in [2.24, 2.45) is 0 Å². The first-order valence-electron chi connectivity index (χ1n) is 8.51. The second-order valence-electron chi connectivity index (χ2n) is 5.85. The summed E-state index contributed by atoms with van der Waals surface area (Å²) in [5.41, 5.74) is 1.96. The Morgan fingerprint density at radius 1 is 1.25 bits per heavy atom. The summed E-state index contributed by atoms with van der Waals surface area (Å²) in [7, 11) is 0. The molecule has 7 nitrogen and oxygen atoms in total. The number of hydrogen-bond donors (Lipinski definition) is 0. The molecule has 1 aromatic heterocycles. The summed E-state index contributed by atoms with van der Waals surface area (Å²) in [6.45, 7) is 2.05. The van der Waals surface area contributed by atoms with Crippen LogP contribution in [0.4, 0.5) is 10.1 Å². The summed E-state index contributed by atoms with van der Waals surface area (Å²) < 4.78 is 15.7. The van der Waals surface area contributed by atoms with E-state index in [1.807, 2.05) is 37.3 Å². The van der Waals surface area contributed by atoms with Crippen molar-refractivity contribution in [2.45, 2.75) is 18.5 Å². The second kappa shape index (κ2) is 9.10. The van der Waals surface area contributed by atoms with Crippen molar-refractivity contribution in [2.75, 3.05) is 17.2 Å². The average Bonchev–Trinajstić information content (AvgIpc) is 3.16. The lowest BCUT2D eigenvalue weighted by atomic mass is 10.2. The van der Waals surface area contributed by atoms with Crippen molar-refractivity contribution in [1.29, 1.82) is 5.26 Å². The predicted octanol–water partition coefficient (Wildman–Crippen LogP) is 3.15. The summed E-state index contributed by atoms with van der Waals surface area (Å²) in [6.07, 6.45) is 0.103. The minimum atomic E-state index is -0.511. The third kappa shape index (κ3) is 4.35. The smallest absolute Gasteiger partial charge is 0.237 e. The van der Waals surface area contributed by atoms with Crippen LogP contribution in [0, 0.1) is 24.1 Å². The first-order chi connectivity index (χ1) is 13.6. The zero-order valence-electron chi connectivity index (χ0n) is 15.1. The molecule has 0 aliphatic carbocycles. The average molecular weight is 396 g/mol. The van der Waals surface area contributed by atoms with E-state index in [1.165, 1.54) is 17.0 Å². The third-order valence-electron chi connectivity index (χ3n) is 4.00. The number of nitriles is 1. The first-order valence-corrected chi connectivity index (χ1v) is 9.49. The molecule has 2 aromatic carbocycles. The van der Waals surface area contributed by atoms with Gasteiger partial charge >= 0.3 is 0 Å². The molecule has 0 bridgehead atoms. The lowest BCUT2D eigenvalue weighted by molar-refractivity contribution is -0.116. The van der Waals surface area contributed by atoms with Crippen LogP contribution in [0.5, 0.6) is 0 Å². The van der Waals surface area contributed by atoms with Crippen LogP contribution in [0.3, 0.4) is 0 Å². The molecule has 142 valence electrons. The minimum Gasteiger partial charge on any atom is -0.308 e. The molecular formula is C19H17FN6OS. The molecule has 0 saturated carbocycles. The number of para-hydroxylation sites is 2. The standard InChI is InChI=1S/C19H17FN6OS/c1-14-7-2-4-9-16(14)26-19(22-23-24-26)28-13-18(27)25(12-6-11-21)17-10-5-3-8-15(17)20/h2-5,7-10H,6,12-13H2,1H3. The number of carbonyl (C=O) groups is 1. The third-order valence-corrected chi connectivity index (χ3v) is 4.90. The number of aromatic nitrogens is 4. The summed E-state index contributed by atoms with van der Waals surface area (Å²) in [6, 6.07) is 15.6. The van der Waals surface area contributed by atoms with Crippen LogP contribution in [-0.2, 0) is 4.79 Å². The van der Waals surface area contributed by atoms with Crippen molar-refractivity contribution in [3.8, 4) is 11.8 Å². The van der Waals surface area contributed by atoms with Gasteiger partial charge in [-0.2, -0.15) is 9.94 Å². The van der Waals surface area contributed by atoms with E-state index in [1.54, 1.807) is 16.8 Å². The Kier molecular flexibility index (Phi) is 6.34. The number of thioether (sulfide) groups is 1. The van der Waals surface area contributed by atoms with Gasteiger partial charge in [-0.25, -0.2) is 4.39 Å². The van der Waals surface area contributed by atoms with Gasteiger partial charge in [0.15, 0.2) is 0 Å². The Balaban J connectivity index is 1.78. The minimum absolute atomic E-state index is 0.00597. The molecule has 0 saturated heterocycles. The molecule has 0 N–H and O–H groups in total. The molecule has 0 spiro atoms. The number of nitrogens with zero attached hydrogens (tertiary/aromatic N) is 6. The number of hydrogen-bond acceptors (Lipinski definition) is 6. The van der Waals surface area contributed by atoms with E-state index >= 15 is 0 Å². The zero-order valence-corrected chi connectivity index (χ0v) is 15.9. The Bertz CT molecular complexity index is 1020. The fourth-order valence-corrected chi connectivity index (χ4v) is 3.40. The topological polar surface area (TPSA) is 87.7 Å². The van der Waals surface area contributed by atoms with E-state index in [-0.39, 0.29) is 30.3 Å². The van der Waals surface area contributed by atoms with E-state index in [0.29, 0.717) is 5.16 Å². The number of amides is 1. The van der Waals surface area contributed by atoms with Gasteiger partial charge < -0.3 is 4.90 Å². The van der Waals surface area contributed by atoms with Crippen LogP contribution in [0.2, 0.25) is 0 Å². The van der Waals surface area contributed by atoms with Crippen LogP contribution < -0.4 is 4.90 Å². The molecule has 0 aliphatic rings. The number of tetrazole rings is 1. The van der Waals surface area contributed by atoms with Gasteiger partial charge in [0.25, 0.3) is 0 Å². The van der Waals surface area contributed by atoms with Gasteiger partial charge in [0.1, 0.15) is 5.82 Å². The molecule has 0 fully saturated rings. The highest BCUT2D eigenvalue weighted by Crippen LogP contribution is 2.24. The quantitative estimate of drug-likeness (QED) is 0.570. The Labute approximate surface area is 165 Å². The number of anilines is 1. The van der Waals surface area contributed by atoms with Gasteiger partial charge in [-0.05, 0) is 41.1 Å². The summed E-state index contributed by atoms with van der Waals surface area (Å²) >= 11 is 1.16. The van der Waals surface area contributed by atoms with Crippen molar-refractivity contribution in [1.82, 2.24) is 20.2 Å². The van der Waals surface area contributed by atoms with E-state index in [4.69, 9.17) is 5.26 Å². The van der Waals surface area contributed by atoms with Gasteiger partial charge in [0, 0.05) is 6.54 Å². The van der Waals surface area contributed by atoms with Crippen molar-refractivity contribution in [3.05, 3.63) is 59.9 Å². The van der Waals surface area contributed by atoms with E-state index in [9.17, 15) is 9.18 Å². The molecule has 0 atom stereocenters.